The molecule has 0 unspecified atom stereocenters. The molecule has 0 aromatic heterocycles. The van der Waals surface area contributed by atoms with Gasteiger partial charge in [0.25, 0.3) is 15.9 Å². The summed E-state index contributed by atoms with van der Waals surface area (Å²) < 4.78 is 28.5. The Labute approximate surface area is 231 Å². The molecule has 5 rings (SSSR count). The van der Waals surface area contributed by atoms with Crippen LogP contribution in [0, 0.1) is 0 Å². The van der Waals surface area contributed by atoms with Crippen molar-refractivity contribution >= 4 is 21.6 Å². The number of likely N-dealkylation sites (tertiary alicyclic amines) is 1. The van der Waals surface area contributed by atoms with E-state index in [0.717, 1.165) is 30.8 Å². The number of benzene rings is 4. The average molecular weight is 540 g/mol. The molecule has 1 aliphatic rings. The summed E-state index contributed by atoms with van der Waals surface area (Å²) in [4.78, 5) is 15.6. The molecule has 1 N–H and O–H groups in total. The molecule has 1 aliphatic heterocycles. The van der Waals surface area contributed by atoms with E-state index in [0.29, 0.717) is 17.8 Å². The third-order valence-corrected chi connectivity index (χ3v) is 8.86. The Morgan fingerprint density at radius 2 is 1.33 bits per heavy atom. The normalized spacial score (nSPS) is 13.7. The quantitative estimate of drug-likeness (QED) is 0.285. The third kappa shape index (κ3) is 6.56. The second kappa shape index (κ2) is 12.3. The van der Waals surface area contributed by atoms with Crippen LogP contribution in [0.2, 0.25) is 0 Å². The van der Waals surface area contributed by atoms with Gasteiger partial charge >= 0.3 is 0 Å². The third-order valence-electron chi connectivity index (χ3n) is 7.07. The van der Waals surface area contributed by atoms with Crippen molar-refractivity contribution in [1.82, 2.24) is 10.2 Å². The van der Waals surface area contributed by atoms with Crippen LogP contribution in [0.25, 0.3) is 0 Å². The predicted molar refractivity (Wildman–Crippen MR) is 155 cm³/mol. The number of para-hydroxylation sites is 1. The standard InChI is InChI=1S/C32H33N3O3S/c36-32(33-23-28-11-7-8-12-29(28)25-34-21-9-10-22-34)27-19-17-26(18-20-27)24-35(30-13-3-1-4-14-30)39(37,38)31-15-5-2-6-16-31/h1-8,11-20H,9-10,21-25H2,(H,33,36). The summed E-state index contributed by atoms with van der Waals surface area (Å²) in [5, 5.41) is 3.05. The van der Waals surface area contributed by atoms with Crippen molar-refractivity contribution in [2.75, 3.05) is 17.4 Å². The summed E-state index contributed by atoms with van der Waals surface area (Å²) in [5.41, 5.74) is 4.27. The van der Waals surface area contributed by atoms with Gasteiger partial charge in [0.15, 0.2) is 0 Å². The number of hydrogen-bond acceptors (Lipinski definition) is 4. The van der Waals surface area contributed by atoms with E-state index in [9.17, 15) is 13.2 Å². The van der Waals surface area contributed by atoms with Crippen molar-refractivity contribution in [3.8, 4) is 0 Å². The van der Waals surface area contributed by atoms with Gasteiger partial charge in [-0.05, 0) is 79.0 Å². The maximum absolute atomic E-state index is 13.5. The Balaban J connectivity index is 1.28. The van der Waals surface area contributed by atoms with Crippen molar-refractivity contribution in [3.63, 3.8) is 0 Å². The molecule has 0 radical (unpaired) electrons. The minimum atomic E-state index is -3.78. The van der Waals surface area contributed by atoms with Gasteiger partial charge in [0.05, 0.1) is 17.1 Å². The Morgan fingerprint density at radius 1 is 0.744 bits per heavy atom. The number of carbonyl (C=O) groups excluding carboxylic acids is 1. The molecule has 39 heavy (non-hydrogen) atoms. The van der Waals surface area contributed by atoms with Gasteiger partial charge in [-0.3, -0.25) is 14.0 Å². The number of amides is 1. The number of sulfonamides is 1. The van der Waals surface area contributed by atoms with Crippen LogP contribution in [0.5, 0.6) is 0 Å². The first-order chi connectivity index (χ1) is 19.0. The maximum Gasteiger partial charge on any atom is 0.264 e. The molecule has 200 valence electrons. The SMILES string of the molecule is O=C(NCc1ccccc1CN1CCCC1)c1ccc(CN(c2ccccc2)S(=O)(=O)c2ccccc2)cc1. The fourth-order valence-corrected chi connectivity index (χ4v) is 6.37. The molecule has 1 saturated heterocycles. The number of carbonyl (C=O) groups is 1. The van der Waals surface area contributed by atoms with Crippen LogP contribution >= 0.6 is 0 Å². The largest absolute Gasteiger partial charge is 0.348 e. The highest BCUT2D eigenvalue weighted by atomic mass is 32.2. The lowest BCUT2D eigenvalue weighted by atomic mass is 10.1. The van der Waals surface area contributed by atoms with Crippen LogP contribution in [0.4, 0.5) is 5.69 Å². The number of hydrogen-bond donors (Lipinski definition) is 1. The molecule has 1 heterocycles. The fraction of sp³-hybridized carbons (Fsp3) is 0.219. The van der Waals surface area contributed by atoms with Crippen molar-refractivity contribution in [1.29, 1.82) is 0 Å². The van der Waals surface area contributed by atoms with Gasteiger partial charge in [-0.25, -0.2) is 8.42 Å². The van der Waals surface area contributed by atoms with E-state index in [-0.39, 0.29) is 17.3 Å². The zero-order chi connectivity index (χ0) is 27.1. The van der Waals surface area contributed by atoms with Crippen LogP contribution < -0.4 is 9.62 Å². The second-order valence-electron chi connectivity index (χ2n) is 9.79. The lowest BCUT2D eigenvalue weighted by Crippen LogP contribution is -2.30. The number of nitrogens with one attached hydrogen (secondary N) is 1. The van der Waals surface area contributed by atoms with Gasteiger partial charge in [-0.1, -0.05) is 72.8 Å². The molecule has 0 aliphatic carbocycles. The van der Waals surface area contributed by atoms with Crippen LogP contribution in [0.15, 0.2) is 114 Å². The molecular formula is C32H33N3O3S. The predicted octanol–water partition coefficient (Wildman–Crippen LogP) is 5.61. The molecule has 1 fully saturated rings. The molecule has 0 spiro atoms. The summed E-state index contributed by atoms with van der Waals surface area (Å²) in [6.45, 7) is 3.77. The Hall–Kier alpha value is -3.94. The summed E-state index contributed by atoms with van der Waals surface area (Å²) in [6, 6.07) is 32.9. The highest BCUT2D eigenvalue weighted by molar-refractivity contribution is 7.92. The molecule has 6 nitrogen and oxygen atoms in total. The highest BCUT2D eigenvalue weighted by Gasteiger charge is 2.25. The van der Waals surface area contributed by atoms with Crippen LogP contribution in [-0.4, -0.2) is 32.3 Å². The lowest BCUT2D eigenvalue weighted by Gasteiger charge is -2.25. The molecule has 7 heteroatoms. The van der Waals surface area contributed by atoms with Crippen molar-refractivity contribution in [2.45, 2.75) is 37.4 Å². The van der Waals surface area contributed by atoms with Crippen LogP contribution in [0.1, 0.15) is 39.9 Å². The van der Waals surface area contributed by atoms with Crippen molar-refractivity contribution in [3.05, 3.63) is 131 Å². The van der Waals surface area contributed by atoms with Crippen molar-refractivity contribution in [2.24, 2.45) is 0 Å². The van der Waals surface area contributed by atoms with E-state index in [1.54, 1.807) is 54.6 Å². The van der Waals surface area contributed by atoms with Gasteiger partial charge in [0.1, 0.15) is 0 Å². The van der Waals surface area contributed by atoms with E-state index in [1.165, 1.54) is 22.7 Å². The minimum absolute atomic E-state index is 0.146. The zero-order valence-corrected chi connectivity index (χ0v) is 22.7. The molecule has 0 atom stereocenters. The van der Waals surface area contributed by atoms with E-state index < -0.39 is 10.0 Å². The lowest BCUT2D eigenvalue weighted by molar-refractivity contribution is 0.0950. The molecule has 0 saturated carbocycles. The first-order valence-electron chi connectivity index (χ1n) is 13.3. The molecule has 4 aromatic carbocycles. The Kier molecular flexibility index (Phi) is 8.39. The Bertz CT molecular complexity index is 1480. The first kappa shape index (κ1) is 26.7. The van der Waals surface area contributed by atoms with E-state index in [1.807, 2.05) is 42.5 Å². The minimum Gasteiger partial charge on any atom is -0.348 e. The smallest absolute Gasteiger partial charge is 0.264 e. The number of anilines is 1. The molecule has 4 aromatic rings. The Morgan fingerprint density at radius 3 is 2.00 bits per heavy atom. The van der Waals surface area contributed by atoms with Gasteiger partial charge in [-0.15, -0.1) is 0 Å². The highest BCUT2D eigenvalue weighted by Crippen LogP contribution is 2.26. The van der Waals surface area contributed by atoms with Crippen LogP contribution in [0.3, 0.4) is 0 Å². The fourth-order valence-electron chi connectivity index (χ4n) is 4.90. The van der Waals surface area contributed by atoms with Crippen molar-refractivity contribution < 1.29 is 13.2 Å². The first-order valence-corrected chi connectivity index (χ1v) is 14.7. The van der Waals surface area contributed by atoms with Crippen LogP contribution in [-0.2, 0) is 29.7 Å². The summed E-state index contributed by atoms with van der Waals surface area (Å²) in [6.07, 6.45) is 2.49. The molecular weight excluding hydrogens is 506 g/mol. The maximum atomic E-state index is 13.5. The molecule has 1 amide bonds. The number of rotatable bonds is 10. The zero-order valence-electron chi connectivity index (χ0n) is 21.9. The van der Waals surface area contributed by atoms with Gasteiger partial charge in [0, 0.05) is 18.7 Å². The summed E-state index contributed by atoms with van der Waals surface area (Å²) >= 11 is 0. The second-order valence-corrected chi connectivity index (χ2v) is 11.7. The molecule has 0 bridgehead atoms. The van der Waals surface area contributed by atoms with E-state index >= 15 is 0 Å². The van der Waals surface area contributed by atoms with Gasteiger partial charge < -0.3 is 5.32 Å². The monoisotopic (exact) mass is 539 g/mol. The van der Waals surface area contributed by atoms with Gasteiger partial charge in [-0.2, -0.15) is 0 Å². The average Bonchev–Trinajstić information content (AvgIpc) is 3.49. The van der Waals surface area contributed by atoms with Gasteiger partial charge in [0.2, 0.25) is 0 Å². The van der Waals surface area contributed by atoms with E-state index in [4.69, 9.17) is 0 Å². The topological polar surface area (TPSA) is 69.7 Å². The van der Waals surface area contributed by atoms with E-state index in [2.05, 4.69) is 22.3 Å². The summed E-state index contributed by atoms with van der Waals surface area (Å²) in [7, 11) is -3.78. The summed E-state index contributed by atoms with van der Waals surface area (Å²) in [5.74, 6) is -0.158. The number of nitrogens with zero attached hydrogens (tertiary/aromatic N) is 2.